The Morgan fingerprint density at radius 1 is 0.938 bits per heavy atom. The Kier molecular flexibility index (Phi) is 6.89. The minimum absolute atomic E-state index is 0.0894. The third kappa shape index (κ3) is 5.18. The van der Waals surface area contributed by atoms with Crippen molar-refractivity contribution in [2.24, 2.45) is 0 Å². The van der Waals surface area contributed by atoms with Crippen molar-refractivity contribution in [2.75, 3.05) is 11.1 Å². The normalized spacial score (nSPS) is 10.9. The number of hydrogen-bond acceptors (Lipinski definition) is 3. The van der Waals surface area contributed by atoms with Crippen LogP contribution in [-0.4, -0.2) is 21.2 Å². The van der Waals surface area contributed by atoms with Gasteiger partial charge in [0.1, 0.15) is 0 Å². The van der Waals surface area contributed by atoms with Gasteiger partial charge in [-0.1, -0.05) is 76.4 Å². The number of amides is 1. The van der Waals surface area contributed by atoms with Gasteiger partial charge in [0.2, 0.25) is 5.91 Å². The van der Waals surface area contributed by atoms with Gasteiger partial charge in [0.15, 0.2) is 5.16 Å². The summed E-state index contributed by atoms with van der Waals surface area (Å²) in [6.45, 7) is 4.06. The lowest BCUT2D eigenvalue weighted by Crippen LogP contribution is -2.14. The van der Waals surface area contributed by atoms with Crippen LogP contribution in [0.2, 0.25) is 10.0 Å². The Labute approximate surface area is 201 Å². The third-order valence-electron chi connectivity index (χ3n) is 4.90. The zero-order valence-corrected chi connectivity index (χ0v) is 19.9. The number of carbonyl (C=O) groups is 1. The molecule has 0 aliphatic carbocycles. The second-order valence-corrected chi connectivity index (χ2v) is 9.19. The minimum atomic E-state index is -0.0894. The first-order valence-electron chi connectivity index (χ1n) is 10.0. The molecular weight excluding hydrogens is 461 g/mol. The Bertz CT molecular complexity index is 1250. The van der Waals surface area contributed by atoms with Crippen molar-refractivity contribution < 1.29 is 4.79 Å². The number of anilines is 1. The highest BCUT2D eigenvalue weighted by atomic mass is 35.5. The second kappa shape index (κ2) is 9.82. The average molecular weight is 482 g/mol. The van der Waals surface area contributed by atoms with E-state index in [9.17, 15) is 4.79 Å². The first-order valence-corrected chi connectivity index (χ1v) is 11.7. The molecule has 4 nitrogen and oxygen atoms in total. The summed E-state index contributed by atoms with van der Waals surface area (Å²) in [4.78, 5) is 17.1. The number of aromatic nitrogens is 2. The van der Waals surface area contributed by atoms with E-state index < -0.39 is 0 Å². The molecule has 0 aliphatic heterocycles. The lowest BCUT2D eigenvalue weighted by molar-refractivity contribution is -0.113. The summed E-state index contributed by atoms with van der Waals surface area (Å²) in [5, 5.41) is 4.62. The monoisotopic (exact) mass is 481 g/mol. The lowest BCUT2D eigenvalue weighted by atomic mass is 10.1. The summed E-state index contributed by atoms with van der Waals surface area (Å²) in [7, 11) is 0. The number of nitrogens with zero attached hydrogens (tertiary/aromatic N) is 2. The van der Waals surface area contributed by atoms with Gasteiger partial charge in [-0.25, -0.2) is 4.98 Å². The highest BCUT2D eigenvalue weighted by molar-refractivity contribution is 7.99. The summed E-state index contributed by atoms with van der Waals surface area (Å²) >= 11 is 13.7. The van der Waals surface area contributed by atoms with E-state index >= 15 is 0 Å². The molecule has 0 unspecified atom stereocenters. The van der Waals surface area contributed by atoms with Gasteiger partial charge in [-0.05, 0) is 50.2 Å². The van der Waals surface area contributed by atoms with Crippen LogP contribution in [0.3, 0.4) is 0 Å². The predicted molar refractivity (Wildman–Crippen MR) is 134 cm³/mol. The molecule has 4 aromatic rings. The SMILES string of the molecule is Cc1ccc(NC(=O)CSc2ncc(-c3ccc(Cl)c(Cl)c3)n2-c2ccc(C)cc2)cc1. The Balaban J connectivity index is 1.62. The maximum Gasteiger partial charge on any atom is 0.234 e. The largest absolute Gasteiger partial charge is 0.325 e. The number of aryl methyl sites for hydroxylation is 2. The zero-order valence-electron chi connectivity index (χ0n) is 17.6. The van der Waals surface area contributed by atoms with Crippen LogP contribution in [0.4, 0.5) is 5.69 Å². The van der Waals surface area contributed by atoms with Crippen LogP contribution in [0.1, 0.15) is 11.1 Å². The molecule has 0 radical (unpaired) electrons. The molecule has 1 amide bonds. The summed E-state index contributed by atoms with van der Waals surface area (Å²) in [6, 6.07) is 21.4. The molecule has 0 saturated carbocycles. The fraction of sp³-hybridized carbons (Fsp3) is 0.120. The van der Waals surface area contributed by atoms with E-state index in [2.05, 4.69) is 10.3 Å². The van der Waals surface area contributed by atoms with Crippen LogP contribution in [0, 0.1) is 13.8 Å². The molecule has 32 heavy (non-hydrogen) atoms. The first-order chi connectivity index (χ1) is 15.4. The van der Waals surface area contributed by atoms with Gasteiger partial charge in [0.05, 0.1) is 27.7 Å². The van der Waals surface area contributed by atoms with E-state index in [1.807, 2.05) is 79.1 Å². The molecule has 1 aromatic heterocycles. The zero-order chi connectivity index (χ0) is 22.7. The molecular formula is C25H21Cl2N3OS. The van der Waals surface area contributed by atoms with Crippen molar-refractivity contribution in [1.82, 2.24) is 9.55 Å². The van der Waals surface area contributed by atoms with Crippen molar-refractivity contribution in [3.8, 4) is 16.9 Å². The van der Waals surface area contributed by atoms with E-state index in [0.717, 1.165) is 33.8 Å². The van der Waals surface area contributed by atoms with Gasteiger partial charge in [-0.3, -0.25) is 9.36 Å². The maximum atomic E-state index is 12.5. The average Bonchev–Trinajstić information content (AvgIpc) is 3.20. The Morgan fingerprint density at radius 2 is 1.59 bits per heavy atom. The number of thioether (sulfide) groups is 1. The van der Waals surface area contributed by atoms with Crippen molar-refractivity contribution in [3.63, 3.8) is 0 Å². The summed E-state index contributed by atoms with van der Waals surface area (Å²) in [5.74, 6) is 0.144. The number of rotatable bonds is 6. The van der Waals surface area contributed by atoms with E-state index in [1.165, 1.54) is 11.8 Å². The predicted octanol–water partition coefficient (Wildman–Crippen LogP) is 7.19. The number of nitrogens with one attached hydrogen (secondary N) is 1. The molecule has 3 aromatic carbocycles. The van der Waals surface area contributed by atoms with Gasteiger partial charge in [0, 0.05) is 16.9 Å². The topological polar surface area (TPSA) is 46.9 Å². The van der Waals surface area contributed by atoms with E-state index in [-0.39, 0.29) is 11.7 Å². The van der Waals surface area contributed by atoms with Gasteiger partial charge in [-0.15, -0.1) is 0 Å². The number of halogens is 2. The molecule has 0 saturated heterocycles. The molecule has 7 heteroatoms. The molecule has 0 fully saturated rings. The van der Waals surface area contributed by atoms with E-state index in [4.69, 9.17) is 23.2 Å². The van der Waals surface area contributed by atoms with Crippen LogP contribution >= 0.6 is 35.0 Å². The number of hydrogen-bond donors (Lipinski definition) is 1. The van der Waals surface area contributed by atoms with Crippen LogP contribution in [0.15, 0.2) is 78.1 Å². The van der Waals surface area contributed by atoms with E-state index in [1.54, 1.807) is 12.3 Å². The molecule has 0 atom stereocenters. The standard InChI is InChI=1S/C25H21Cl2N3OS/c1-16-3-8-19(9-4-16)29-24(31)15-32-25-28-14-23(18-7-12-21(26)22(27)13-18)30(25)20-10-5-17(2)6-11-20/h3-14H,15H2,1-2H3,(H,29,31). The van der Waals surface area contributed by atoms with Crippen LogP contribution in [-0.2, 0) is 4.79 Å². The van der Waals surface area contributed by atoms with Gasteiger partial charge >= 0.3 is 0 Å². The number of carbonyl (C=O) groups excluding carboxylic acids is 1. The van der Waals surface area contributed by atoms with Crippen molar-refractivity contribution >= 4 is 46.6 Å². The number of imidazole rings is 1. The summed E-state index contributed by atoms with van der Waals surface area (Å²) in [5.41, 5.74) is 5.80. The molecule has 1 N–H and O–H groups in total. The van der Waals surface area contributed by atoms with Crippen molar-refractivity contribution in [1.29, 1.82) is 0 Å². The molecule has 0 aliphatic rings. The molecule has 0 bridgehead atoms. The number of benzene rings is 3. The Hall–Kier alpha value is -2.73. The molecule has 4 rings (SSSR count). The molecule has 162 valence electrons. The fourth-order valence-electron chi connectivity index (χ4n) is 3.20. The molecule has 1 heterocycles. The highest BCUT2D eigenvalue weighted by Crippen LogP contribution is 2.33. The third-order valence-corrected chi connectivity index (χ3v) is 6.60. The fourth-order valence-corrected chi connectivity index (χ4v) is 4.29. The maximum absolute atomic E-state index is 12.5. The van der Waals surface area contributed by atoms with Gasteiger partial charge in [-0.2, -0.15) is 0 Å². The smallest absolute Gasteiger partial charge is 0.234 e. The summed E-state index contributed by atoms with van der Waals surface area (Å²) < 4.78 is 2.03. The quantitative estimate of drug-likeness (QED) is 0.296. The van der Waals surface area contributed by atoms with Gasteiger partial charge < -0.3 is 5.32 Å². The van der Waals surface area contributed by atoms with Crippen molar-refractivity contribution in [3.05, 3.63) is 94.1 Å². The van der Waals surface area contributed by atoms with Crippen LogP contribution in [0.5, 0.6) is 0 Å². The first kappa shape index (κ1) is 22.5. The second-order valence-electron chi connectivity index (χ2n) is 7.43. The lowest BCUT2D eigenvalue weighted by Gasteiger charge is -2.13. The summed E-state index contributed by atoms with van der Waals surface area (Å²) in [6.07, 6.45) is 1.79. The van der Waals surface area contributed by atoms with Crippen LogP contribution in [0.25, 0.3) is 16.9 Å². The molecule has 0 spiro atoms. The van der Waals surface area contributed by atoms with E-state index in [0.29, 0.717) is 15.2 Å². The van der Waals surface area contributed by atoms with Crippen molar-refractivity contribution in [2.45, 2.75) is 19.0 Å². The highest BCUT2D eigenvalue weighted by Gasteiger charge is 2.16. The Morgan fingerprint density at radius 3 is 2.25 bits per heavy atom. The van der Waals surface area contributed by atoms with Gasteiger partial charge in [0.25, 0.3) is 0 Å². The van der Waals surface area contributed by atoms with Crippen LogP contribution < -0.4 is 5.32 Å². The minimum Gasteiger partial charge on any atom is -0.325 e.